The van der Waals surface area contributed by atoms with Gasteiger partial charge in [-0.2, -0.15) is 0 Å². The Hall–Kier alpha value is -1.62. The lowest BCUT2D eigenvalue weighted by Crippen LogP contribution is -2.58. The Morgan fingerprint density at radius 1 is 1.42 bits per heavy atom. The minimum atomic E-state index is -0.917. The van der Waals surface area contributed by atoms with E-state index in [2.05, 4.69) is 35.7 Å². The lowest BCUT2D eigenvalue weighted by Gasteiger charge is -2.46. The average Bonchev–Trinajstić information content (AvgIpc) is 2.32. The second-order valence-corrected chi connectivity index (χ2v) is 5.80. The monoisotopic (exact) mass is 263 g/mol. The van der Waals surface area contributed by atoms with E-state index in [1.54, 1.807) is 0 Å². The molecule has 0 spiro atoms. The molecule has 5 nitrogen and oxygen atoms in total. The average molecular weight is 263 g/mol. The van der Waals surface area contributed by atoms with Crippen molar-refractivity contribution in [3.63, 3.8) is 0 Å². The fourth-order valence-corrected chi connectivity index (χ4v) is 2.42. The number of aromatic nitrogens is 1. The number of carbonyl (C=O) groups is 1. The largest absolute Gasteiger partial charge is 0.478 e. The number of pyridine rings is 1. The van der Waals surface area contributed by atoms with Crippen LogP contribution < -0.4 is 4.90 Å². The first-order valence-corrected chi connectivity index (χ1v) is 6.47. The van der Waals surface area contributed by atoms with Crippen molar-refractivity contribution < 1.29 is 9.90 Å². The van der Waals surface area contributed by atoms with E-state index in [0.29, 0.717) is 0 Å². The minimum Gasteiger partial charge on any atom is -0.478 e. The predicted octanol–water partition coefficient (Wildman–Crippen LogP) is 1.62. The van der Waals surface area contributed by atoms with Crippen LogP contribution >= 0.6 is 0 Å². The van der Waals surface area contributed by atoms with E-state index in [1.807, 2.05) is 13.0 Å². The molecule has 1 N–H and O–H groups in total. The first-order valence-electron chi connectivity index (χ1n) is 6.47. The summed E-state index contributed by atoms with van der Waals surface area (Å²) in [6.07, 6.45) is 1.46. The van der Waals surface area contributed by atoms with Gasteiger partial charge in [-0.25, -0.2) is 4.79 Å². The number of hydrogen-bond donors (Lipinski definition) is 1. The molecule has 0 aliphatic carbocycles. The minimum absolute atomic E-state index is 0.0329. The molecule has 5 heteroatoms. The van der Waals surface area contributed by atoms with Crippen LogP contribution in [0.5, 0.6) is 0 Å². The van der Waals surface area contributed by atoms with E-state index < -0.39 is 5.97 Å². The zero-order valence-electron chi connectivity index (χ0n) is 12.0. The smallest absolute Gasteiger partial charge is 0.339 e. The number of likely N-dealkylation sites (N-methyl/N-ethyl adjacent to an activating group) is 1. The summed E-state index contributed by atoms with van der Waals surface area (Å²) >= 11 is 0. The van der Waals surface area contributed by atoms with Crippen molar-refractivity contribution in [3.8, 4) is 0 Å². The molecule has 0 amide bonds. The Bertz CT molecular complexity index is 499. The zero-order chi connectivity index (χ0) is 14.2. The summed E-state index contributed by atoms with van der Waals surface area (Å²) in [4.78, 5) is 19.9. The van der Waals surface area contributed by atoms with Crippen LogP contribution in [0.1, 0.15) is 29.9 Å². The second kappa shape index (κ2) is 4.81. The number of nitrogens with zero attached hydrogens (tertiary/aromatic N) is 3. The van der Waals surface area contributed by atoms with Crippen molar-refractivity contribution >= 4 is 11.7 Å². The summed E-state index contributed by atoms with van der Waals surface area (Å²) in [7, 11) is 2.10. The summed E-state index contributed by atoms with van der Waals surface area (Å²) < 4.78 is 0. The number of rotatable bonds is 2. The third-order valence-electron chi connectivity index (χ3n) is 3.91. The molecular formula is C14H21N3O2. The van der Waals surface area contributed by atoms with Gasteiger partial charge in [0.15, 0.2) is 0 Å². The van der Waals surface area contributed by atoms with Crippen molar-refractivity contribution in [2.24, 2.45) is 0 Å². The SMILES string of the molecule is Cc1cc(N2CCN(C)C(C)(C)C2)c(C(=O)O)cn1. The number of piperazine rings is 1. The molecule has 2 heterocycles. The summed E-state index contributed by atoms with van der Waals surface area (Å²) in [6.45, 7) is 8.81. The van der Waals surface area contributed by atoms with E-state index in [0.717, 1.165) is 31.0 Å². The number of aromatic carboxylic acids is 1. The van der Waals surface area contributed by atoms with E-state index in [1.165, 1.54) is 6.20 Å². The van der Waals surface area contributed by atoms with Crippen LogP contribution in [0.15, 0.2) is 12.3 Å². The fraction of sp³-hybridized carbons (Fsp3) is 0.571. The lowest BCUT2D eigenvalue weighted by molar-refractivity contribution is 0.0696. The molecule has 0 radical (unpaired) electrons. The number of carboxylic acid groups (broad SMARTS) is 1. The first-order chi connectivity index (χ1) is 8.81. The highest BCUT2D eigenvalue weighted by Gasteiger charge is 2.32. The van der Waals surface area contributed by atoms with Crippen molar-refractivity contribution in [2.75, 3.05) is 31.6 Å². The summed E-state index contributed by atoms with van der Waals surface area (Å²) in [5.74, 6) is -0.917. The van der Waals surface area contributed by atoms with Gasteiger partial charge in [-0.05, 0) is 33.9 Å². The Kier molecular flexibility index (Phi) is 3.49. The second-order valence-electron chi connectivity index (χ2n) is 5.80. The third-order valence-corrected chi connectivity index (χ3v) is 3.91. The molecular weight excluding hydrogens is 242 g/mol. The zero-order valence-corrected chi connectivity index (χ0v) is 12.0. The molecule has 1 fully saturated rings. The molecule has 1 aliphatic heterocycles. The van der Waals surface area contributed by atoms with Crippen LogP contribution in [0.3, 0.4) is 0 Å². The number of aryl methyl sites for hydroxylation is 1. The molecule has 1 aromatic rings. The maximum Gasteiger partial charge on any atom is 0.339 e. The molecule has 0 aromatic carbocycles. The molecule has 1 aromatic heterocycles. The first kappa shape index (κ1) is 13.8. The third kappa shape index (κ3) is 2.71. The van der Waals surface area contributed by atoms with Gasteiger partial charge in [0.2, 0.25) is 0 Å². The highest BCUT2D eigenvalue weighted by molar-refractivity contribution is 5.94. The number of hydrogen-bond acceptors (Lipinski definition) is 4. The lowest BCUT2D eigenvalue weighted by atomic mass is 9.98. The van der Waals surface area contributed by atoms with Crippen LogP contribution in [-0.4, -0.2) is 53.2 Å². The Morgan fingerprint density at radius 2 is 2.11 bits per heavy atom. The van der Waals surface area contributed by atoms with Crippen LogP contribution in [0.25, 0.3) is 0 Å². The Balaban J connectivity index is 2.36. The van der Waals surface area contributed by atoms with E-state index in [4.69, 9.17) is 0 Å². The molecule has 0 unspecified atom stereocenters. The highest BCUT2D eigenvalue weighted by Crippen LogP contribution is 2.27. The van der Waals surface area contributed by atoms with E-state index >= 15 is 0 Å². The van der Waals surface area contributed by atoms with Gasteiger partial charge in [0.1, 0.15) is 5.56 Å². The van der Waals surface area contributed by atoms with Gasteiger partial charge >= 0.3 is 5.97 Å². The van der Waals surface area contributed by atoms with Crippen LogP contribution in [0.4, 0.5) is 5.69 Å². The van der Waals surface area contributed by atoms with Gasteiger partial charge in [-0.1, -0.05) is 0 Å². The van der Waals surface area contributed by atoms with Gasteiger partial charge in [0.25, 0.3) is 0 Å². The van der Waals surface area contributed by atoms with E-state index in [-0.39, 0.29) is 11.1 Å². The van der Waals surface area contributed by atoms with Gasteiger partial charge in [-0.3, -0.25) is 9.88 Å². The normalized spacial score (nSPS) is 19.5. The molecule has 0 bridgehead atoms. The van der Waals surface area contributed by atoms with Crippen molar-refractivity contribution in [3.05, 3.63) is 23.5 Å². The molecule has 1 saturated heterocycles. The van der Waals surface area contributed by atoms with E-state index in [9.17, 15) is 9.90 Å². The standard InChI is InChI=1S/C14H21N3O2/c1-10-7-12(11(8-15-10)13(18)19)17-6-5-16(4)14(2,3)9-17/h7-8H,5-6,9H2,1-4H3,(H,18,19). The van der Waals surface area contributed by atoms with Crippen molar-refractivity contribution in [2.45, 2.75) is 26.3 Å². The maximum atomic E-state index is 11.3. The quantitative estimate of drug-likeness (QED) is 0.878. The topological polar surface area (TPSA) is 56.7 Å². The van der Waals surface area contributed by atoms with Crippen LogP contribution in [0, 0.1) is 6.92 Å². The van der Waals surface area contributed by atoms with Crippen LogP contribution in [-0.2, 0) is 0 Å². The van der Waals surface area contributed by atoms with Gasteiger partial charge in [0, 0.05) is 37.1 Å². The molecule has 0 atom stereocenters. The van der Waals surface area contributed by atoms with Gasteiger partial charge in [0.05, 0.1) is 5.69 Å². The number of carboxylic acids is 1. The van der Waals surface area contributed by atoms with Crippen molar-refractivity contribution in [1.29, 1.82) is 0 Å². The van der Waals surface area contributed by atoms with Gasteiger partial charge < -0.3 is 10.0 Å². The Morgan fingerprint density at radius 3 is 2.68 bits per heavy atom. The highest BCUT2D eigenvalue weighted by atomic mass is 16.4. The summed E-state index contributed by atoms with van der Waals surface area (Å²) in [5.41, 5.74) is 1.94. The Labute approximate surface area is 113 Å². The molecule has 0 saturated carbocycles. The van der Waals surface area contributed by atoms with Crippen molar-refractivity contribution in [1.82, 2.24) is 9.88 Å². The molecule has 2 rings (SSSR count). The molecule has 19 heavy (non-hydrogen) atoms. The molecule has 104 valence electrons. The fourth-order valence-electron chi connectivity index (χ4n) is 2.42. The van der Waals surface area contributed by atoms with Gasteiger partial charge in [-0.15, -0.1) is 0 Å². The summed E-state index contributed by atoms with van der Waals surface area (Å²) in [6, 6.07) is 1.87. The maximum absolute atomic E-state index is 11.3. The number of anilines is 1. The van der Waals surface area contributed by atoms with Crippen LogP contribution in [0.2, 0.25) is 0 Å². The molecule has 1 aliphatic rings. The predicted molar refractivity (Wildman–Crippen MR) is 74.9 cm³/mol. The summed E-state index contributed by atoms with van der Waals surface area (Å²) in [5, 5.41) is 9.29.